The van der Waals surface area contributed by atoms with Crippen LogP contribution in [0.2, 0.25) is 0 Å². The smallest absolute Gasteiger partial charge is 0.0469 e. The van der Waals surface area contributed by atoms with E-state index in [-0.39, 0.29) is 0 Å². The first-order chi connectivity index (χ1) is 8.27. The fraction of sp³-hybridized carbons (Fsp3) is 1.00. The summed E-state index contributed by atoms with van der Waals surface area (Å²) in [6.45, 7) is 4.39. The van der Waals surface area contributed by atoms with E-state index in [0.717, 1.165) is 31.1 Å². The second kappa shape index (κ2) is 6.72. The summed E-state index contributed by atoms with van der Waals surface area (Å²) in [5.41, 5.74) is 0. The Bertz CT molecular complexity index is 208. The molecule has 2 aliphatic rings. The predicted molar refractivity (Wildman–Crippen MR) is 71.2 cm³/mol. The molecule has 0 aromatic heterocycles. The first-order valence-electron chi connectivity index (χ1n) is 7.22. The third-order valence-electron chi connectivity index (χ3n) is 4.45. The maximum Gasteiger partial charge on any atom is 0.0469 e. The maximum atomic E-state index is 5.49. The zero-order valence-electron chi connectivity index (χ0n) is 11.5. The van der Waals surface area contributed by atoms with Crippen molar-refractivity contribution in [1.29, 1.82) is 0 Å². The number of hydrogen-bond acceptors (Lipinski definition) is 3. The minimum absolute atomic E-state index is 0.754. The summed E-state index contributed by atoms with van der Waals surface area (Å²) in [6.07, 6.45) is 6.65. The average molecular weight is 240 g/mol. The van der Waals surface area contributed by atoms with Gasteiger partial charge in [0.15, 0.2) is 0 Å². The first-order valence-corrected chi connectivity index (χ1v) is 7.22. The van der Waals surface area contributed by atoms with Gasteiger partial charge in [0.1, 0.15) is 0 Å². The summed E-state index contributed by atoms with van der Waals surface area (Å²) in [4.78, 5) is 2.45. The highest BCUT2D eigenvalue weighted by atomic mass is 16.5. The topological polar surface area (TPSA) is 24.5 Å². The molecule has 0 spiro atoms. The number of hydrogen-bond donors (Lipinski definition) is 1. The van der Waals surface area contributed by atoms with Crippen molar-refractivity contribution in [2.75, 3.05) is 40.4 Å². The van der Waals surface area contributed by atoms with Crippen molar-refractivity contribution < 1.29 is 4.74 Å². The molecule has 0 bridgehead atoms. The van der Waals surface area contributed by atoms with Crippen LogP contribution in [0.1, 0.15) is 32.1 Å². The highest BCUT2D eigenvalue weighted by Crippen LogP contribution is 2.28. The van der Waals surface area contributed by atoms with Gasteiger partial charge in [0.2, 0.25) is 0 Å². The molecule has 0 amide bonds. The van der Waals surface area contributed by atoms with E-state index in [1.165, 1.54) is 45.2 Å². The van der Waals surface area contributed by atoms with Gasteiger partial charge in [-0.05, 0) is 71.1 Å². The molecule has 3 heteroatoms. The Morgan fingerprint density at radius 3 is 2.59 bits per heavy atom. The van der Waals surface area contributed by atoms with E-state index >= 15 is 0 Å². The fourth-order valence-corrected chi connectivity index (χ4v) is 3.39. The molecule has 0 radical (unpaired) electrons. The summed E-state index contributed by atoms with van der Waals surface area (Å²) in [5, 5.41) is 3.54. The summed E-state index contributed by atoms with van der Waals surface area (Å²) in [7, 11) is 4.49. The van der Waals surface area contributed by atoms with Gasteiger partial charge in [0, 0.05) is 19.3 Å². The minimum atomic E-state index is 0.754. The van der Waals surface area contributed by atoms with Gasteiger partial charge in [-0.3, -0.25) is 0 Å². The lowest BCUT2D eigenvalue weighted by molar-refractivity contribution is 0.0296. The van der Waals surface area contributed by atoms with Crippen LogP contribution in [0.25, 0.3) is 0 Å². The van der Waals surface area contributed by atoms with Crippen LogP contribution in [0.15, 0.2) is 0 Å². The molecule has 17 heavy (non-hydrogen) atoms. The van der Waals surface area contributed by atoms with Crippen LogP contribution in [-0.2, 0) is 4.74 Å². The quantitative estimate of drug-likeness (QED) is 0.810. The molecule has 2 unspecified atom stereocenters. The van der Waals surface area contributed by atoms with Gasteiger partial charge in [-0.15, -0.1) is 0 Å². The highest BCUT2D eigenvalue weighted by molar-refractivity contribution is 4.82. The SMILES string of the molecule is CN(C)C(CC1CCCNC1)C1CCOCC1. The van der Waals surface area contributed by atoms with E-state index in [0.29, 0.717) is 0 Å². The van der Waals surface area contributed by atoms with Crippen molar-refractivity contribution in [3.8, 4) is 0 Å². The van der Waals surface area contributed by atoms with Crippen LogP contribution in [0.3, 0.4) is 0 Å². The number of rotatable bonds is 4. The maximum absolute atomic E-state index is 5.49. The lowest BCUT2D eigenvalue weighted by Gasteiger charge is -2.38. The largest absolute Gasteiger partial charge is 0.381 e. The molecule has 3 nitrogen and oxygen atoms in total. The molecule has 0 aromatic rings. The molecule has 1 N–H and O–H groups in total. The Morgan fingerprint density at radius 2 is 2.00 bits per heavy atom. The fourth-order valence-electron chi connectivity index (χ4n) is 3.39. The Morgan fingerprint density at radius 1 is 1.24 bits per heavy atom. The van der Waals surface area contributed by atoms with E-state index in [4.69, 9.17) is 4.74 Å². The molecule has 2 heterocycles. The third-order valence-corrected chi connectivity index (χ3v) is 4.45. The van der Waals surface area contributed by atoms with Crippen molar-refractivity contribution in [3.63, 3.8) is 0 Å². The number of nitrogens with one attached hydrogen (secondary N) is 1. The lowest BCUT2D eigenvalue weighted by atomic mass is 9.83. The molecule has 2 fully saturated rings. The Labute approximate surface area is 106 Å². The number of piperidine rings is 1. The van der Waals surface area contributed by atoms with Crippen LogP contribution in [0, 0.1) is 11.8 Å². The monoisotopic (exact) mass is 240 g/mol. The van der Waals surface area contributed by atoms with Gasteiger partial charge in [-0.25, -0.2) is 0 Å². The van der Waals surface area contributed by atoms with E-state index in [1.54, 1.807) is 0 Å². The van der Waals surface area contributed by atoms with E-state index in [1.807, 2.05) is 0 Å². The summed E-state index contributed by atoms with van der Waals surface area (Å²) >= 11 is 0. The average Bonchev–Trinajstić information content (AvgIpc) is 2.38. The van der Waals surface area contributed by atoms with Crippen molar-refractivity contribution >= 4 is 0 Å². The van der Waals surface area contributed by atoms with Crippen molar-refractivity contribution in [1.82, 2.24) is 10.2 Å². The zero-order valence-corrected chi connectivity index (χ0v) is 11.5. The van der Waals surface area contributed by atoms with Gasteiger partial charge in [0.25, 0.3) is 0 Å². The molecule has 2 atom stereocenters. The standard InChI is InChI=1S/C14H28N2O/c1-16(2)14(13-5-8-17-9-6-13)10-12-4-3-7-15-11-12/h12-15H,3-11H2,1-2H3. The summed E-state index contributed by atoms with van der Waals surface area (Å²) in [5.74, 6) is 1.74. The molecule has 2 aliphatic heterocycles. The molecular weight excluding hydrogens is 212 g/mol. The van der Waals surface area contributed by atoms with Crippen LogP contribution < -0.4 is 5.32 Å². The number of ether oxygens (including phenoxy) is 1. The normalized spacial score (nSPS) is 29.5. The Balaban J connectivity index is 1.86. The molecule has 2 saturated heterocycles. The van der Waals surface area contributed by atoms with E-state index in [9.17, 15) is 0 Å². The van der Waals surface area contributed by atoms with Crippen molar-refractivity contribution in [2.45, 2.75) is 38.1 Å². The second-order valence-electron chi connectivity index (χ2n) is 5.93. The first kappa shape index (κ1) is 13.3. The van der Waals surface area contributed by atoms with E-state index < -0.39 is 0 Å². The molecule has 0 saturated carbocycles. The van der Waals surface area contributed by atoms with Crippen LogP contribution in [-0.4, -0.2) is 51.3 Å². The third kappa shape index (κ3) is 3.94. The van der Waals surface area contributed by atoms with Crippen molar-refractivity contribution in [3.05, 3.63) is 0 Å². The second-order valence-corrected chi connectivity index (χ2v) is 5.93. The molecule has 100 valence electrons. The number of nitrogens with zero attached hydrogens (tertiary/aromatic N) is 1. The molecular formula is C14H28N2O. The van der Waals surface area contributed by atoms with Crippen LogP contribution >= 0.6 is 0 Å². The molecule has 0 aliphatic carbocycles. The van der Waals surface area contributed by atoms with Crippen LogP contribution in [0.4, 0.5) is 0 Å². The van der Waals surface area contributed by atoms with Gasteiger partial charge in [-0.1, -0.05) is 0 Å². The van der Waals surface area contributed by atoms with Gasteiger partial charge in [-0.2, -0.15) is 0 Å². The minimum Gasteiger partial charge on any atom is -0.381 e. The Hall–Kier alpha value is -0.120. The molecule has 2 rings (SSSR count). The highest BCUT2D eigenvalue weighted by Gasteiger charge is 2.28. The zero-order chi connectivity index (χ0) is 12.1. The van der Waals surface area contributed by atoms with Gasteiger partial charge < -0.3 is 15.0 Å². The summed E-state index contributed by atoms with van der Waals surface area (Å²) in [6, 6.07) is 0.754. The van der Waals surface area contributed by atoms with Crippen LogP contribution in [0.5, 0.6) is 0 Å². The van der Waals surface area contributed by atoms with Gasteiger partial charge in [0.05, 0.1) is 0 Å². The molecule has 0 aromatic carbocycles. The summed E-state index contributed by atoms with van der Waals surface area (Å²) < 4.78 is 5.49. The predicted octanol–water partition coefficient (Wildman–Crippen LogP) is 1.73. The Kier molecular flexibility index (Phi) is 5.26. The van der Waals surface area contributed by atoms with E-state index in [2.05, 4.69) is 24.3 Å². The van der Waals surface area contributed by atoms with Gasteiger partial charge >= 0.3 is 0 Å². The van der Waals surface area contributed by atoms with Crippen molar-refractivity contribution in [2.24, 2.45) is 11.8 Å². The lowest BCUT2D eigenvalue weighted by Crippen LogP contribution is -2.42.